The van der Waals surface area contributed by atoms with Gasteiger partial charge in [0, 0.05) is 11.0 Å². The van der Waals surface area contributed by atoms with Crippen molar-refractivity contribution in [3.05, 3.63) is 69.4 Å². The van der Waals surface area contributed by atoms with E-state index < -0.39 is 11.7 Å². The molecule has 0 aliphatic rings. The Bertz CT molecular complexity index is 1110. The molecule has 3 aromatic rings. The minimum atomic E-state index is -0.572. The summed E-state index contributed by atoms with van der Waals surface area (Å²) in [6, 6.07) is 12.9. The van der Waals surface area contributed by atoms with Gasteiger partial charge in [-0.3, -0.25) is 14.2 Å². The van der Waals surface area contributed by atoms with Gasteiger partial charge >= 0.3 is 0 Å². The molecule has 8 heteroatoms. The summed E-state index contributed by atoms with van der Waals surface area (Å²) in [6.07, 6.45) is 1.33. The van der Waals surface area contributed by atoms with Crippen LogP contribution in [0.4, 0.5) is 10.1 Å². The van der Waals surface area contributed by atoms with Crippen LogP contribution in [0.25, 0.3) is 10.9 Å². The van der Waals surface area contributed by atoms with Crippen molar-refractivity contribution in [2.45, 2.75) is 13.0 Å². The number of carbonyl (C=O) groups excluding carboxylic acids is 1. The predicted molar refractivity (Wildman–Crippen MR) is 103 cm³/mol. The van der Waals surface area contributed by atoms with E-state index in [1.807, 2.05) is 6.07 Å². The SMILES string of the molecule is N#CCCN(C(=O)Cn1cnc2ccc(Br)cc2c1=O)c1ccccc1F. The number of nitrogens with zero attached hydrogens (tertiary/aromatic N) is 4. The molecular weight excluding hydrogens is 415 g/mol. The number of halogens is 2. The number of anilines is 1. The van der Waals surface area contributed by atoms with E-state index in [2.05, 4.69) is 20.9 Å². The fraction of sp³-hybridized carbons (Fsp3) is 0.158. The van der Waals surface area contributed by atoms with Crippen LogP contribution < -0.4 is 10.5 Å². The second-order valence-electron chi connectivity index (χ2n) is 5.74. The maximum Gasteiger partial charge on any atom is 0.261 e. The third kappa shape index (κ3) is 4.04. The van der Waals surface area contributed by atoms with E-state index in [9.17, 15) is 14.0 Å². The van der Waals surface area contributed by atoms with Crippen LogP contribution in [0, 0.1) is 17.1 Å². The quantitative estimate of drug-likeness (QED) is 0.624. The molecule has 136 valence electrons. The molecular formula is C19H14BrFN4O2. The van der Waals surface area contributed by atoms with Crippen molar-refractivity contribution < 1.29 is 9.18 Å². The molecule has 0 aliphatic carbocycles. The summed E-state index contributed by atoms with van der Waals surface area (Å²) in [5.74, 6) is -1.08. The average molecular weight is 429 g/mol. The number of fused-ring (bicyclic) bond motifs is 1. The normalized spacial score (nSPS) is 10.6. The van der Waals surface area contributed by atoms with Gasteiger partial charge in [-0.25, -0.2) is 9.37 Å². The lowest BCUT2D eigenvalue weighted by Gasteiger charge is -2.22. The number of nitriles is 1. The first-order chi connectivity index (χ1) is 13.0. The maximum absolute atomic E-state index is 14.1. The fourth-order valence-corrected chi connectivity index (χ4v) is 3.05. The molecule has 0 spiro atoms. The van der Waals surface area contributed by atoms with Gasteiger partial charge in [0.1, 0.15) is 12.4 Å². The Labute approximate surface area is 162 Å². The highest BCUT2D eigenvalue weighted by Gasteiger charge is 2.20. The van der Waals surface area contributed by atoms with Gasteiger partial charge in [0.05, 0.1) is 35.4 Å². The zero-order valence-corrected chi connectivity index (χ0v) is 15.7. The first-order valence-corrected chi connectivity index (χ1v) is 8.87. The average Bonchev–Trinajstić information content (AvgIpc) is 2.66. The molecule has 0 bridgehead atoms. The Morgan fingerprint density at radius 2 is 2.07 bits per heavy atom. The number of rotatable bonds is 5. The second kappa shape index (κ2) is 8.10. The highest BCUT2D eigenvalue weighted by Crippen LogP contribution is 2.20. The molecule has 0 atom stereocenters. The smallest absolute Gasteiger partial charge is 0.261 e. The van der Waals surface area contributed by atoms with E-state index in [0.717, 1.165) is 4.47 Å². The molecule has 1 aromatic heterocycles. The molecule has 1 amide bonds. The van der Waals surface area contributed by atoms with Crippen molar-refractivity contribution in [1.82, 2.24) is 9.55 Å². The fourth-order valence-electron chi connectivity index (χ4n) is 2.69. The molecule has 0 aliphatic heterocycles. The minimum Gasteiger partial charge on any atom is -0.307 e. The zero-order valence-electron chi connectivity index (χ0n) is 14.1. The Kier molecular flexibility index (Phi) is 5.62. The molecule has 0 unspecified atom stereocenters. The highest BCUT2D eigenvalue weighted by molar-refractivity contribution is 9.10. The number of para-hydroxylation sites is 1. The number of carbonyl (C=O) groups is 1. The molecule has 27 heavy (non-hydrogen) atoms. The van der Waals surface area contributed by atoms with Crippen molar-refractivity contribution in [2.75, 3.05) is 11.4 Å². The van der Waals surface area contributed by atoms with Crippen molar-refractivity contribution in [3.63, 3.8) is 0 Å². The van der Waals surface area contributed by atoms with Crippen LogP contribution in [0.3, 0.4) is 0 Å². The minimum absolute atomic E-state index is 0.0254. The molecule has 0 saturated carbocycles. The summed E-state index contributed by atoms with van der Waals surface area (Å²) < 4.78 is 16.0. The summed E-state index contributed by atoms with van der Waals surface area (Å²) in [5.41, 5.74) is 0.216. The second-order valence-corrected chi connectivity index (χ2v) is 6.66. The first kappa shape index (κ1) is 18.7. The monoisotopic (exact) mass is 428 g/mol. The largest absolute Gasteiger partial charge is 0.307 e. The number of hydrogen-bond acceptors (Lipinski definition) is 4. The molecule has 0 N–H and O–H groups in total. The van der Waals surface area contributed by atoms with Gasteiger partial charge < -0.3 is 4.90 Å². The van der Waals surface area contributed by atoms with Crippen LogP contribution >= 0.6 is 15.9 Å². The third-order valence-electron chi connectivity index (χ3n) is 3.98. The van der Waals surface area contributed by atoms with E-state index in [1.54, 1.807) is 24.3 Å². The molecule has 6 nitrogen and oxygen atoms in total. The lowest BCUT2D eigenvalue weighted by molar-refractivity contribution is -0.119. The topological polar surface area (TPSA) is 79.0 Å². The van der Waals surface area contributed by atoms with Crippen molar-refractivity contribution in [2.24, 2.45) is 0 Å². The van der Waals surface area contributed by atoms with Crippen LogP contribution in [0.2, 0.25) is 0 Å². The lowest BCUT2D eigenvalue weighted by atomic mass is 10.2. The number of amides is 1. The van der Waals surface area contributed by atoms with Crippen LogP contribution in [0.1, 0.15) is 6.42 Å². The van der Waals surface area contributed by atoms with E-state index in [1.165, 1.54) is 34.0 Å². The van der Waals surface area contributed by atoms with E-state index in [4.69, 9.17) is 5.26 Å². The summed E-state index contributed by atoms with van der Waals surface area (Å²) in [4.78, 5) is 30.8. The van der Waals surface area contributed by atoms with Gasteiger partial charge in [-0.1, -0.05) is 28.1 Å². The Balaban J connectivity index is 1.95. The Hall–Kier alpha value is -3.05. The van der Waals surface area contributed by atoms with Gasteiger partial charge in [0.25, 0.3) is 5.56 Å². The van der Waals surface area contributed by atoms with Crippen molar-refractivity contribution in [3.8, 4) is 6.07 Å². The molecule has 0 radical (unpaired) electrons. The van der Waals surface area contributed by atoms with Crippen LogP contribution in [-0.2, 0) is 11.3 Å². The Morgan fingerprint density at radius 3 is 2.81 bits per heavy atom. The van der Waals surface area contributed by atoms with Gasteiger partial charge in [-0.2, -0.15) is 5.26 Å². The molecule has 0 saturated heterocycles. The number of hydrogen-bond donors (Lipinski definition) is 0. The molecule has 2 aromatic carbocycles. The maximum atomic E-state index is 14.1. The zero-order chi connectivity index (χ0) is 19.4. The summed E-state index contributed by atoms with van der Waals surface area (Å²) in [6.45, 7) is -0.286. The highest BCUT2D eigenvalue weighted by atomic mass is 79.9. The first-order valence-electron chi connectivity index (χ1n) is 8.08. The van der Waals surface area contributed by atoms with Gasteiger partial charge in [0.2, 0.25) is 5.91 Å². The van der Waals surface area contributed by atoms with E-state index in [0.29, 0.717) is 10.9 Å². The predicted octanol–water partition coefficient (Wildman–Crippen LogP) is 3.24. The summed E-state index contributed by atoms with van der Waals surface area (Å²) in [7, 11) is 0. The van der Waals surface area contributed by atoms with E-state index in [-0.39, 0.29) is 30.8 Å². The summed E-state index contributed by atoms with van der Waals surface area (Å²) in [5, 5.41) is 9.21. The van der Waals surface area contributed by atoms with E-state index >= 15 is 0 Å². The van der Waals surface area contributed by atoms with Crippen molar-refractivity contribution >= 4 is 38.4 Å². The number of aromatic nitrogens is 2. The van der Waals surface area contributed by atoms with Gasteiger partial charge in [-0.15, -0.1) is 0 Å². The number of benzene rings is 2. The van der Waals surface area contributed by atoms with Crippen LogP contribution in [0.5, 0.6) is 0 Å². The summed E-state index contributed by atoms with van der Waals surface area (Å²) >= 11 is 3.31. The van der Waals surface area contributed by atoms with Crippen molar-refractivity contribution in [1.29, 1.82) is 5.26 Å². The van der Waals surface area contributed by atoms with Gasteiger partial charge in [0.15, 0.2) is 0 Å². The van der Waals surface area contributed by atoms with Crippen LogP contribution in [-0.4, -0.2) is 22.0 Å². The molecule has 0 fully saturated rings. The Morgan fingerprint density at radius 1 is 1.30 bits per heavy atom. The van der Waals surface area contributed by atoms with Crippen LogP contribution in [0.15, 0.2) is 58.1 Å². The lowest BCUT2D eigenvalue weighted by Crippen LogP contribution is -2.37. The van der Waals surface area contributed by atoms with Gasteiger partial charge in [-0.05, 0) is 30.3 Å². The standard InChI is InChI=1S/C19H14BrFN4O2/c20-13-6-7-16-14(10-13)19(27)24(12-23-16)11-18(26)25(9-3-8-22)17-5-2-1-4-15(17)21/h1-2,4-7,10,12H,3,9,11H2. The molecule has 3 rings (SSSR count). The third-order valence-corrected chi connectivity index (χ3v) is 4.48. The molecule has 1 heterocycles.